The summed E-state index contributed by atoms with van der Waals surface area (Å²) >= 11 is 0. The standard InChI is InChI=1S/C43H87N17O7/c1-25(2)20-33(27(5)56-35(24-61)37(45)64)60-40(67)34(21-26(3)4)55-23-30(13-10-18-53-42(48)49)58-38(65)29(12-9-17-52-41(46)47)22-36(63)31(15-11-19-54-43(50)51)59-39(66)32(57-28(6)62)14-7-8-16-44/h25-27,29-35,55-56,61H,7-24,44H2,1-6H3,(H2,45,64)(H,57,62)(H,58,65)(H,59,66)(H,60,67)(H4,46,47,52)(H4,48,49,53)(H4,50,51,54)/t27?,29?,30-,31-,32-,33-,34-,35-/m0/s1. The third kappa shape index (κ3) is 29.8. The Bertz CT molecular complexity index is 1550. The fraction of sp³-hybridized carbons (Fsp3) is 0.791. The number of Topliss-reactive ketones (excluding diaryl/α,β-unsaturated/α-hetero) is 1. The highest BCUT2D eigenvalue weighted by Gasteiger charge is 2.32. The van der Waals surface area contributed by atoms with Gasteiger partial charge in [-0.25, -0.2) is 0 Å². The average Bonchev–Trinajstić information content (AvgIpc) is 3.23. The van der Waals surface area contributed by atoms with Gasteiger partial charge in [0.25, 0.3) is 0 Å². The van der Waals surface area contributed by atoms with Gasteiger partial charge < -0.3 is 76.3 Å². The summed E-state index contributed by atoms with van der Waals surface area (Å²) in [4.78, 5) is 80.2. The molecule has 0 heterocycles. The SMILES string of the molecule is CC(=O)N[C@@H](CCCCN)C(=O)N[C@@H](CCCNC(=N)N)C(=O)CC(CCCNC(=N)N)C(=O)N[C@@H](CCCNC(=N)N)CN[C@@H](CC(C)C)C(=O)N[C@@H](CC(C)C)C(C)N[C@@H](CO)C(N)=O. The number of carbonyl (C=O) groups excluding carboxylic acids is 6. The zero-order chi connectivity index (χ0) is 51.1. The summed E-state index contributed by atoms with van der Waals surface area (Å²) in [6, 6.07) is -5.17. The van der Waals surface area contributed by atoms with Crippen LogP contribution >= 0.6 is 0 Å². The van der Waals surface area contributed by atoms with Crippen LogP contribution in [0.5, 0.6) is 0 Å². The van der Waals surface area contributed by atoms with Crippen LogP contribution in [0.4, 0.5) is 0 Å². The van der Waals surface area contributed by atoms with Gasteiger partial charge in [-0.15, -0.1) is 0 Å². The quantitative estimate of drug-likeness (QED) is 0.0170. The molecule has 0 fully saturated rings. The fourth-order valence-electron chi connectivity index (χ4n) is 7.40. The molecule has 0 bridgehead atoms. The van der Waals surface area contributed by atoms with Crippen molar-refractivity contribution in [3.63, 3.8) is 0 Å². The molecule has 0 aliphatic rings. The maximum atomic E-state index is 14.4. The van der Waals surface area contributed by atoms with E-state index in [1.165, 1.54) is 6.92 Å². The van der Waals surface area contributed by atoms with Crippen LogP contribution in [0.2, 0.25) is 0 Å². The van der Waals surface area contributed by atoms with E-state index in [9.17, 15) is 33.9 Å². The van der Waals surface area contributed by atoms with E-state index in [1.807, 2.05) is 27.7 Å². The van der Waals surface area contributed by atoms with E-state index in [0.717, 1.165) is 0 Å². The number of guanidine groups is 3. The minimum Gasteiger partial charge on any atom is -0.394 e. The number of nitrogens with two attached hydrogens (primary N) is 5. The summed E-state index contributed by atoms with van der Waals surface area (Å²) < 4.78 is 0. The highest BCUT2D eigenvalue weighted by Crippen LogP contribution is 2.18. The second-order valence-electron chi connectivity index (χ2n) is 18.0. The second kappa shape index (κ2) is 34.9. The van der Waals surface area contributed by atoms with Crippen molar-refractivity contribution in [3.8, 4) is 0 Å². The summed E-state index contributed by atoms with van der Waals surface area (Å²) in [5, 5.41) is 58.6. The number of primary amides is 1. The average molecular weight is 954 g/mol. The lowest BCUT2D eigenvalue weighted by Crippen LogP contribution is -2.58. The summed E-state index contributed by atoms with van der Waals surface area (Å²) in [6.45, 7) is 11.9. The first-order valence-electron chi connectivity index (χ1n) is 23.5. The molecule has 23 N–H and O–H groups in total. The van der Waals surface area contributed by atoms with Crippen molar-refractivity contribution in [3.05, 3.63) is 0 Å². The number of hydrogen-bond donors (Lipinski definition) is 18. The predicted octanol–water partition coefficient (Wildman–Crippen LogP) is -2.69. The molecule has 24 heteroatoms. The lowest BCUT2D eigenvalue weighted by atomic mass is 9.91. The van der Waals surface area contributed by atoms with Crippen molar-refractivity contribution in [1.82, 2.24) is 47.9 Å². The third-order valence-corrected chi connectivity index (χ3v) is 10.9. The highest BCUT2D eigenvalue weighted by atomic mass is 16.3. The molecule has 67 heavy (non-hydrogen) atoms. The van der Waals surface area contributed by atoms with E-state index < -0.39 is 84.2 Å². The Morgan fingerprint density at radius 3 is 1.60 bits per heavy atom. The van der Waals surface area contributed by atoms with Gasteiger partial charge in [-0.05, 0) is 95.9 Å². The number of nitrogens with one attached hydrogen (secondary N) is 12. The summed E-state index contributed by atoms with van der Waals surface area (Å²) in [5.41, 5.74) is 27.6. The van der Waals surface area contributed by atoms with Crippen LogP contribution in [0.3, 0.4) is 0 Å². The molecule has 8 atom stereocenters. The Morgan fingerprint density at radius 1 is 0.582 bits per heavy atom. The van der Waals surface area contributed by atoms with Gasteiger partial charge in [0.05, 0.1) is 18.7 Å². The van der Waals surface area contributed by atoms with Crippen LogP contribution in [0.1, 0.15) is 119 Å². The molecule has 0 rings (SSSR count). The molecule has 0 saturated heterocycles. The van der Waals surface area contributed by atoms with Crippen LogP contribution in [0.25, 0.3) is 0 Å². The number of amides is 5. The van der Waals surface area contributed by atoms with Crippen molar-refractivity contribution >= 4 is 53.2 Å². The molecular weight excluding hydrogens is 867 g/mol. The number of aliphatic hydroxyl groups is 1. The first-order valence-corrected chi connectivity index (χ1v) is 23.5. The molecule has 2 unspecified atom stereocenters. The molecule has 0 aromatic rings. The largest absolute Gasteiger partial charge is 0.394 e. The Morgan fingerprint density at radius 2 is 1.10 bits per heavy atom. The van der Waals surface area contributed by atoms with Gasteiger partial charge in [0.15, 0.2) is 23.7 Å². The topological polar surface area (TPSA) is 433 Å². The first-order chi connectivity index (χ1) is 31.5. The molecule has 0 spiro atoms. The van der Waals surface area contributed by atoms with Crippen molar-refractivity contribution in [2.45, 2.75) is 161 Å². The van der Waals surface area contributed by atoms with Crippen LogP contribution in [0.15, 0.2) is 0 Å². The van der Waals surface area contributed by atoms with Crippen LogP contribution < -0.4 is 76.5 Å². The zero-order valence-electron chi connectivity index (χ0n) is 40.8. The van der Waals surface area contributed by atoms with E-state index in [2.05, 4.69) is 47.9 Å². The molecule has 0 aromatic heterocycles. The normalized spacial score (nSPS) is 14.8. The molecule has 0 aromatic carbocycles. The number of rotatable bonds is 38. The number of aliphatic hydroxyl groups excluding tert-OH is 1. The molecule has 0 aliphatic carbocycles. The number of unbranched alkanes of at least 4 members (excludes halogenated alkanes) is 1. The smallest absolute Gasteiger partial charge is 0.243 e. The van der Waals surface area contributed by atoms with Crippen molar-refractivity contribution in [2.24, 2.45) is 46.4 Å². The molecule has 5 amide bonds. The lowest BCUT2D eigenvalue weighted by Gasteiger charge is -2.32. The van der Waals surface area contributed by atoms with Crippen LogP contribution in [-0.4, -0.2) is 140 Å². The van der Waals surface area contributed by atoms with Gasteiger partial charge in [0.1, 0.15) is 12.1 Å². The molecule has 24 nitrogen and oxygen atoms in total. The maximum Gasteiger partial charge on any atom is 0.243 e. The summed E-state index contributed by atoms with van der Waals surface area (Å²) in [5.74, 6) is -4.32. The third-order valence-electron chi connectivity index (χ3n) is 10.9. The molecule has 0 aliphatic heterocycles. The number of ketones is 1. The van der Waals surface area contributed by atoms with E-state index >= 15 is 0 Å². The minimum atomic E-state index is -1.06. The van der Waals surface area contributed by atoms with E-state index in [4.69, 9.17) is 44.9 Å². The van der Waals surface area contributed by atoms with Gasteiger partial charge in [-0.3, -0.25) is 50.3 Å². The minimum absolute atomic E-state index is 0.0777. The van der Waals surface area contributed by atoms with Gasteiger partial charge >= 0.3 is 0 Å². The maximum absolute atomic E-state index is 14.4. The highest BCUT2D eigenvalue weighted by molar-refractivity contribution is 5.94. The number of hydrogen-bond acceptors (Lipinski definition) is 13. The molecule has 0 saturated carbocycles. The zero-order valence-corrected chi connectivity index (χ0v) is 40.8. The predicted molar refractivity (Wildman–Crippen MR) is 260 cm³/mol. The van der Waals surface area contributed by atoms with Gasteiger partial charge in [-0.1, -0.05) is 27.7 Å². The Hall–Kier alpha value is -5.33. The summed E-state index contributed by atoms with van der Waals surface area (Å²) in [7, 11) is 0. The van der Waals surface area contributed by atoms with Crippen molar-refractivity contribution in [2.75, 3.05) is 39.3 Å². The van der Waals surface area contributed by atoms with Gasteiger partial charge in [0, 0.05) is 63.6 Å². The Labute approximate surface area is 397 Å². The Balaban J connectivity index is 6.72. The lowest BCUT2D eigenvalue weighted by molar-refractivity contribution is -0.133. The Kier molecular flexibility index (Phi) is 32.1. The van der Waals surface area contributed by atoms with Crippen molar-refractivity contribution in [1.29, 1.82) is 16.2 Å². The molecule has 0 radical (unpaired) electrons. The molecular formula is C43H87N17O7. The van der Waals surface area contributed by atoms with E-state index in [0.29, 0.717) is 64.5 Å². The fourth-order valence-corrected chi connectivity index (χ4v) is 7.40. The van der Waals surface area contributed by atoms with Crippen LogP contribution in [-0.2, 0) is 28.8 Å². The second-order valence-corrected chi connectivity index (χ2v) is 18.0. The monoisotopic (exact) mass is 954 g/mol. The number of carbonyl (C=O) groups is 6. The van der Waals surface area contributed by atoms with E-state index in [1.54, 1.807) is 6.92 Å². The first kappa shape index (κ1) is 61.7. The van der Waals surface area contributed by atoms with Gasteiger partial charge in [0.2, 0.25) is 29.5 Å². The van der Waals surface area contributed by atoms with Gasteiger partial charge in [-0.2, -0.15) is 0 Å². The van der Waals surface area contributed by atoms with E-state index in [-0.39, 0.29) is 80.9 Å². The van der Waals surface area contributed by atoms with Crippen LogP contribution in [0, 0.1) is 34.0 Å². The summed E-state index contributed by atoms with van der Waals surface area (Å²) in [6.07, 6.45) is 4.01. The molecule has 386 valence electrons. The van der Waals surface area contributed by atoms with Crippen molar-refractivity contribution < 1.29 is 33.9 Å².